The zero-order valence-corrected chi connectivity index (χ0v) is 26.4. The Balaban J connectivity index is 1.67. The van der Waals surface area contributed by atoms with Crippen molar-refractivity contribution in [2.45, 2.75) is 67.7 Å². The van der Waals surface area contributed by atoms with Crippen LogP contribution in [0.5, 0.6) is 0 Å². The molecule has 2 aromatic carbocycles. The van der Waals surface area contributed by atoms with Gasteiger partial charge >= 0.3 is 0 Å². The van der Waals surface area contributed by atoms with Crippen LogP contribution in [0, 0.1) is 11.8 Å². The summed E-state index contributed by atoms with van der Waals surface area (Å²) in [6.07, 6.45) is 4.75. The van der Waals surface area contributed by atoms with Crippen molar-refractivity contribution in [2.75, 3.05) is 24.6 Å². The molecule has 3 aliphatic rings. The van der Waals surface area contributed by atoms with Gasteiger partial charge in [0.05, 0.1) is 29.2 Å². The SMILES string of the molecule is C=CCN(C(=O)[C@H]1[C@H]2C(=O)N([C@H](CO)c3ccccc3)C(C(=O)N(CC=C)C(C)(C)C)C23CC[C@]1(C)S3)c1ccccc1. The number of likely N-dealkylation sites (tertiary alicyclic amines) is 1. The number of aliphatic hydroxyl groups is 1. The molecule has 8 heteroatoms. The van der Waals surface area contributed by atoms with E-state index in [9.17, 15) is 19.5 Å². The fourth-order valence-electron chi connectivity index (χ4n) is 7.58. The molecule has 3 heterocycles. The summed E-state index contributed by atoms with van der Waals surface area (Å²) in [5.41, 5.74) is 0.963. The minimum absolute atomic E-state index is 0.131. The molecule has 1 N–H and O–H groups in total. The summed E-state index contributed by atoms with van der Waals surface area (Å²) < 4.78 is -1.34. The third kappa shape index (κ3) is 5.02. The Hall–Kier alpha value is -3.36. The Morgan fingerprint density at radius 2 is 1.63 bits per heavy atom. The lowest BCUT2D eigenvalue weighted by Crippen LogP contribution is -2.59. The van der Waals surface area contributed by atoms with Crippen LogP contribution in [-0.4, -0.2) is 73.4 Å². The number of hydrogen-bond acceptors (Lipinski definition) is 5. The third-order valence-electron chi connectivity index (χ3n) is 9.44. The molecule has 2 aromatic rings. The van der Waals surface area contributed by atoms with Crippen LogP contribution >= 0.6 is 11.8 Å². The number of nitrogens with zero attached hydrogens (tertiary/aromatic N) is 3. The number of carbonyl (C=O) groups excluding carboxylic acids is 3. The van der Waals surface area contributed by atoms with E-state index in [2.05, 4.69) is 20.1 Å². The van der Waals surface area contributed by atoms with Crippen molar-refractivity contribution in [3.05, 3.63) is 91.5 Å². The van der Waals surface area contributed by atoms with Gasteiger partial charge in [-0.1, -0.05) is 60.7 Å². The average molecular weight is 602 g/mol. The lowest BCUT2D eigenvalue weighted by atomic mass is 9.66. The van der Waals surface area contributed by atoms with Gasteiger partial charge in [0.1, 0.15) is 6.04 Å². The second-order valence-corrected chi connectivity index (χ2v) is 15.0. The van der Waals surface area contributed by atoms with Gasteiger partial charge in [0.25, 0.3) is 0 Å². The van der Waals surface area contributed by atoms with Crippen LogP contribution in [0.1, 0.15) is 52.1 Å². The number of carbonyl (C=O) groups is 3. The zero-order valence-electron chi connectivity index (χ0n) is 25.6. The number of para-hydroxylation sites is 1. The first-order chi connectivity index (χ1) is 20.4. The Morgan fingerprint density at radius 1 is 1.02 bits per heavy atom. The van der Waals surface area contributed by atoms with Gasteiger partial charge in [0.2, 0.25) is 17.7 Å². The highest BCUT2D eigenvalue weighted by Gasteiger charge is 2.78. The van der Waals surface area contributed by atoms with Gasteiger partial charge in [-0.3, -0.25) is 14.4 Å². The van der Waals surface area contributed by atoms with E-state index in [4.69, 9.17) is 0 Å². The van der Waals surface area contributed by atoms with E-state index in [0.29, 0.717) is 25.9 Å². The maximum Gasteiger partial charge on any atom is 0.247 e. The van der Waals surface area contributed by atoms with Crippen LogP contribution in [0.4, 0.5) is 5.69 Å². The second-order valence-electron chi connectivity index (χ2n) is 13.1. The Labute approximate surface area is 259 Å². The summed E-state index contributed by atoms with van der Waals surface area (Å²) in [7, 11) is 0. The summed E-state index contributed by atoms with van der Waals surface area (Å²) in [5.74, 6) is -1.90. The average Bonchev–Trinajstić information content (AvgIpc) is 3.55. The molecule has 1 spiro atoms. The van der Waals surface area contributed by atoms with Gasteiger partial charge in [-0.2, -0.15) is 0 Å². The molecule has 0 aliphatic carbocycles. The van der Waals surface area contributed by atoms with Crippen molar-refractivity contribution in [3.63, 3.8) is 0 Å². The number of anilines is 1. The summed E-state index contributed by atoms with van der Waals surface area (Å²) >= 11 is 1.64. The summed E-state index contributed by atoms with van der Waals surface area (Å²) in [4.78, 5) is 49.5. The van der Waals surface area contributed by atoms with Gasteiger partial charge in [-0.05, 0) is 58.2 Å². The maximum atomic E-state index is 14.9. The van der Waals surface area contributed by atoms with Crippen molar-refractivity contribution >= 4 is 35.2 Å². The number of fused-ring (bicyclic) bond motifs is 1. The first-order valence-corrected chi connectivity index (χ1v) is 15.8. The molecular formula is C35H43N3O4S. The minimum atomic E-state index is -0.851. The van der Waals surface area contributed by atoms with Crippen LogP contribution in [0.2, 0.25) is 0 Å². The molecule has 228 valence electrons. The van der Waals surface area contributed by atoms with E-state index in [1.54, 1.807) is 38.6 Å². The molecule has 2 unspecified atom stereocenters. The van der Waals surface area contributed by atoms with Gasteiger partial charge in [0, 0.05) is 29.1 Å². The highest BCUT2D eigenvalue weighted by molar-refractivity contribution is 8.02. The van der Waals surface area contributed by atoms with Gasteiger partial charge < -0.3 is 19.8 Å². The van der Waals surface area contributed by atoms with Gasteiger partial charge in [-0.25, -0.2) is 0 Å². The molecule has 3 amide bonds. The summed E-state index contributed by atoms with van der Waals surface area (Å²) in [5, 5.41) is 10.8. The molecule has 5 rings (SSSR count). The van der Waals surface area contributed by atoms with Gasteiger partial charge in [0.15, 0.2) is 0 Å². The summed E-state index contributed by atoms with van der Waals surface area (Å²) in [6.45, 7) is 16.1. The molecule has 43 heavy (non-hydrogen) atoms. The van der Waals surface area contributed by atoms with E-state index in [1.165, 1.54) is 0 Å². The van der Waals surface area contributed by atoms with Crippen LogP contribution in [0.3, 0.4) is 0 Å². The van der Waals surface area contributed by atoms with Crippen molar-refractivity contribution in [1.29, 1.82) is 0 Å². The smallest absolute Gasteiger partial charge is 0.247 e. The van der Waals surface area contributed by atoms with Crippen molar-refractivity contribution in [3.8, 4) is 0 Å². The molecule has 3 fully saturated rings. The fraction of sp³-hybridized carbons (Fsp3) is 0.457. The van der Waals surface area contributed by atoms with E-state index < -0.39 is 39.0 Å². The predicted molar refractivity (Wildman–Crippen MR) is 172 cm³/mol. The molecule has 7 nitrogen and oxygen atoms in total. The predicted octanol–water partition coefficient (Wildman–Crippen LogP) is 5.23. The first kappa shape index (κ1) is 31.1. The fourth-order valence-corrected chi connectivity index (χ4v) is 9.91. The van der Waals surface area contributed by atoms with E-state index in [1.807, 2.05) is 81.4 Å². The molecule has 0 radical (unpaired) electrons. The number of rotatable bonds is 10. The van der Waals surface area contributed by atoms with Crippen LogP contribution in [-0.2, 0) is 14.4 Å². The Kier molecular flexibility index (Phi) is 8.40. The number of thioether (sulfide) groups is 1. The topological polar surface area (TPSA) is 81.2 Å². The maximum absolute atomic E-state index is 14.9. The summed E-state index contributed by atoms with van der Waals surface area (Å²) in [6, 6.07) is 17.3. The molecular weight excluding hydrogens is 558 g/mol. The molecule has 2 bridgehead atoms. The highest BCUT2D eigenvalue weighted by Crippen LogP contribution is 2.72. The van der Waals surface area contributed by atoms with E-state index in [0.717, 1.165) is 11.3 Å². The third-order valence-corrected chi connectivity index (χ3v) is 11.4. The van der Waals surface area contributed by atoms with E-state index in [-0.39, 0.29) is 24.3 Å². The number of aliphatic hydroxyl groups excluding tert-OH is 1. The highest BCUT2D eigenvalue weighted by atomic mass is 32.2. The Morgan fingerprint density at radius 3 is 2.19 bits per heavy atom. The molecule has 6 atom stereocenters. The van der Waals surface area contributed by atoms with Gasteiger partial charge in [-0.15, -0.1) is 24.9 Å². The standard InChI is InChI=1S/C35H43N3O4S/c1-7-21-36(25-17-13-10-14-18-25)30(40)27-28-31(41)38(26(23-39)24-15-11-9-12-16-24)29(35(28)20-19-34(27,6)43-35)32(42)37(22-8-2)33(3,4)5/h7-18,26-29,39H,1-2,19-23H2,3-6H3/t26-,27-,28+,29?,34+,35?/m1/s1. The number of benzene rings is 2. The quantitative estimate of drug-likeness (QED) is 0.377. The monoisotopic (exact) mass is 601 g/mol. The normalized spacial score (nSPS) is 28.3. The van der Waals surface area contributed by atoms with Crippen LogP contribution < -0.4 is 4.90 Å². The minimum Gasteiger partial charge on any atom is -0.394 e. The number of amides is 3. The van der Waals surface area contributed by atoms with Crippen molar-refractivity contribution < 1.29 is 19.5 Å². The van der Waals surface area contributed by atoms with Crippen molar-refractivity contribution in [2.24, 2.45) is 11.8 Å². The van der Waals surface area contributed by atoms with Crippen LogP contribution in [0.15, 0.2) is 86.0 Å². The Bertz CT molecular complexity index is 1390. The van der Waals surface area contributed by atoms with Crippen LogP contribution in [0.25, 0.3) is 0 Å². The largest absolute Gasteiger partial charge is 0.394 e. The molecule has 0 saturated carbocycles. The molecule has 0 aromatic heterocycles. The van der Waals surface area contributed by atoms with E-state index >= 15 is 0 Å². The lowest BCUT2D eigenvalue weighted by Gasteiger charge is -2.43. The first-order valence-electron chi connectivity index (χ1n) is 15.0. The second kappa shape index (κ2) is 11.6. The lowest BCUT2D eigenvalue weighted by molar-refractivity contribution is -0.148. The van der Waals surface area contributed by atoms with Crippen molar-refractivity contribution in [1.82, 2.24) is 9.80 Å². The zero-order chi connectivity index (χ0) is 31.2. The molecule has 3 aliphatic heterocycles. The molecule has 3 saturated heterocycles. The number of hydrogen-bond donors (Lipinski definition) is 1.